The van der Waals surface area contributed by atoms with Crippen LogP contribution >= 0.6 is 11.6 Å². The van der Waals surface area contributed by atoms with Crippen molar-refractivity contribution in [3.05, 3.63) is 40.4 Å². The number of carbonyl (C=O) groups is 2. The van der Waals surface area contributed by atoms with E-state index >= 15 is 0 Å². The van der Waals surface area contributed by atoms with Gasteiger partial charge in [0.15, 0.2) is 0 Å². The molecule has 0 spiro atoms. The zero-order valence-corrected chi connectivity index (χ0v) is 12.4. The lowest BCUT2D eigenvalue weighted by atomic mass is 10.1. The maximum absolute atomic E-state index is 12.0. The fourth-order valence-corrected chi connectivity index (χ4v) is 2.31. The largest absolute Gasteiger partial charge is 0.478 e. The van der Waals surface area contributed by atoms with Crippen LogP contribution in [-0.2, 0) is 4.79 Å². The zero-order chi connectivity index (χ0) is 15.2. The molecule has 0 saturated heterocycles. The molecule has 1 saturated carbocycles. The molecule has 1 aromatic carbocycles. The summed E-state index contributed by atoms with van der Waals surface area (Å²) in [6, 6.07) is 4.84. The number of amides is 1. The van der Waals surface area contributed by atoms with Gasteiger partial charge >= 0.3 is 5.97 Å². The summed E-state index contributed by atoms with van der Waals surface area (Å²) >= 11 is 6.04. The number of benzene rings is 1. The maximum Gasteiger partial charge on any atom is 0.328 e. The Kier molecular flexibility index (Phi) is 5.39. The Morgan fingerprint density at radius 2 is 2.14 bits per heavy atom. The van der Waals surface area contributed by atoms with Crippen molar-refractivity contribution in [3.8, 4) is 0 Å². The number of nitrogens with one attached hydrogen (secondary N) is 1. The van der Waals surface area contributed by atoms with Gasteiger partial charge in [0.25, 0.3) is 5.91 Å². The molecule has 1 amide bonds. The van der Waals surface area contributed by atoms with Gasteiger partial charge < -0.3 is 10.4 Å². The molecule has 0 aromatic heterocycles. The summed E-state index contributed by atoms with van der Waals surface area (Å²) in [5.74, 6) is -0.318. The molecule has 1 aliphatic rings. The van der Waals surface area contributed by atoms with E-state index in [1.165, 1.54) is 25.3 Å². The molecule has 0 unspecified atom stereocenters. The van der Waals surface area contributed by atoms with E-state index in [-0.39, 0.29) is 5.91 Å². The summed E-state index contributed by atoms with van der Waals surface area (Å²) < 4.78 is 0. The highest BCUT2D eigenvalue weighted by atomic mass is 35.5. The van der Waals surface area contributed by atoms with Gasteiger partial charge in [0.05, 0.1) is 0 Å². The third-order valence-corrected chi connectivity index (χ3v) is 3.77. The Hall–Kier alpha value is -1.81. The van der Waals surface area contributed by atoms with Gasteiger partial charge in [-0.2, -0.15) is 0 Å². The molecule has 1 fully saturated rings. The summed E-state index contributed by atoms with van der Waals surface area (Å²) in [6.45, 7) is 0.674. The fourth-order valence-electron chi connectivity index (χ4n) is 2.07. The van der Waals surface area contributed by atoms with E-state index in [0.717, 1.165) is 18.4 Å². The van der Waals surface area contributed by atoms with Gasteiger partial charge in [-0.05, 0) is 42.5 Å². The second kappa shape index (κ2) is 7.27. The molecule has 1 aromatic rings. The molecule has 1 aliphatic carbocycles. The van der Waals surface area contributed by atoms with Crippen LogP contribution in [-0.4, -0.2) is 23.5 Å². The van der Waals surface area contributed by atoms with Crippen molar-refractivity contribution in [1.82, 2.24) is 5.32 Å². The molecular weight excluding hydrogens is 290 g/mol. The molecule has 2 N–H and O–H groups in total. The summed E-state index contributed by atoms with van der Waals surface area (Å²) in [5, 5.41) is 11.8. The van der Waals surface area contributed by atoms with Gasteiger partial charge in [0, 0.05) is 23.2 Å². The molecule has 0 atom stereocenters. The molecule has 0 heterocycles. The summed E-state index contributed by atoms with van der Waals surface area (Å²) in [4.78, 5) is 22.4. The molecule has 21 heavy (non-hydrogen) atoms. The van der Waals surface area contributed by atoms with E-state index in [9.17, 15) is 9.59 Å². The molecule has 5 heteroatoms. The number of halogens is 1. The average molecular weight is 308 g/mol. The van der Waals surface area contributed by atoms with Crippen LogP contribution in [0, 0.1) is 5.92 Å². The number of carbonyl (C=O) groups excluding carboxylic acids is 1. The Morgan fingerprint density at radius 3 is 2.76 bits per heavy atom. The lowest BCUT2D eigenvalue weighted by Gasteiger charge is -2.06. The van der Waals surface area contributed by atoms with Crippen LogP contribution in [0.3, 0.4) is 0 Å². The van der Waals surface area contributed by atoms with E-state index in [0.29, 0.717) is 22.7 Å². The lowest BCUT2D eigenvalue weighted by Crippen LogP contribution is -2.24. The third kappa shape index (κ3) is 5.23. The van der Waals surface area contributed by atoms with Crippen molar-refractivity contribution in [2.75, 3.05) is 6.54 Å². The number of carboxylic acids is 1. The molecule has 2 rings (SSSR count). The monoisotopic (exact) mass is 307 g/mol. The number of hydrogen-bond donors (Lipinski definition) is 2. The van der Waals surface area contributed by atoms with Gasteiger partial charge in [-0.15, -0.1) is 0 Å². The minimum absolute atomic E-state index is 0.151. The highest BCUT2D eigenvalue weighted by Gasteiger charge is 2.20. The number of aliphatic carboxylic acids is 1. The van der Waals surface area contributed by atoms with Crippen molar-refractivity contribution >= 4 is 29.6 Å². The van der Waals surface area contributed by atoms with Crippen molar-refractivity contribution < 1.29 is 14.7 Å². The minimum Gasteiger partial charge on any atom is -0.478 e. The van der Waals surface area contributed by atoms with Crippen molar-refractivity contribution in [2.24, 2.45) is 5.92 Å². The van der Waals surface area contributed by atoms with E-state index in [2.05, 4.69) is 5.32 Å². The zero-order valence-electron chi connectivity index (χ0n) is 11.6. The van der Waals surface area contributed by atoms with Crippen LogP contribution in [0.15, 0.2) is 24.3 Å². The summed E-state index contributed by atoms with van der Waals surface area (Å²) in [6.07, 6.45) is 7.26. The normalized spacial score (nSPS) is 14.3. The maximum atomic E-state index is 12.0. The van der Waals surface area contributed by atoms with Crippen LogP contribution in [0.5, 0.6) is 0 Å². The van der Waals surface area contributed by atoms with Crippen LogP contribution in [0.4, 0.5) is 0 Å². The number of hydrogen-bond acceptors (Lipinski definition) is 2. The molecule has 0 aliphatic heterocycles. The van der Waals surface area contributed by atoms with Gasteiger partial charge in [-0.1, -0.05) is 30.5 Å². The molecule has 0 bridgehead atoms. The first kappa shape index (κ1) is 15.6. The smallest absolute Gasteiger partial charge is 0.328 e. The van der Waals surface area contributed by atoms with Crippen LogP contribution in [0.1, 0.15) is 41.6 Å². The molecule has 112 valence electrons. The van der Waals surface area contributed by atoms with Crippen LogP contribution in [0.25, 0.3) is 6.08 Å². The summed E-state index contributed by atoms with van der Waals surface area (Å²) in [5.41, 5.74) is 1.06. The van der Waals surface area contributed by atoms with E-state index in [4.69, 9.17) is 16.7 Å². The van der Waals surface area contributed by atoms with E-state index < -0.39 is 5.97 Å². The SMILES string of the molecule is O=C(O)/C=C/c1ccc(C(=O)NCCCC2CC2)cc1Cl. The first-order valence-corrected chi connectivity index (χ1v) is 7.43. The second-order valence-corrected chi connectivity index (χ2v) is 5.66. The molecule has 0 radical (unpaired) electrons. The van der Waals surface area contributed by atoms with Crippen molar-refractivity contribution in [1.29, 1.82) is 0 Å². The fraction of sp³-hybridized carbons (Fsp3) is 0.375. The first-order valence-electron chi connectivity index (χ1n) is 7.05. The third-order valence-electron chi connectivity index (χ3n) is 3.44. The van der Waals surface area contributed by atoms with E-state index in [1.54, 1.807) is 18.2 Å². The highest BCUT2D eigenvalue weighted by molar-refractivity contribution is 6.32. The predicted molar refractivity (Wildman–Crippen MR) is 82.4 cm³/mol. The van der Waals surface area contributed by atoms with Crippen molar-refractivity contribution in [2.45, 2.75) is 25.7 Å². The highest BCUT2D eigenvalue weighted by Crippen LogP contribution is 2.33. The Morgan fingerprint density at radius 1 is 1.38 bits per heavy atom. The first-order chi connectivity index (χ1) is 10.1. The van der Waals surface area contributed by atoms with Gasteiger partial charge in [0.2, 0.25) is 0 Å². The van der Waals surface area contributed by atoms with Gasteiger partial charge in [-0.25, -0.2) is 4.79 Å². The van der Waals surface area contributed by atoms with E-state index in [1.807, 2.05) is 0 Å². The Labute approximate surface area is 128 Å². The molecule has 4 nitrogen and oxygen atoms in total. The van der Waals surface area contributed by atoms with Crippen LogP contribution < -0.4 is 5.32 Å². The Bertz CT molecular complexity index is 565. The van der Waals surface area contributed by atoms with Crippen molar-refractivity contribution in [3.63, 3.8) is 0 Å². The second-order valence-electron chi connectivity index (χ2n) is 5.25. The topological polar surface area (TPSA) is 66.4 Å². The standard InChI is InChI=1S/C16H18ClNO3/c17-14-10-13(6-5-12(14)7-8-15(19)20)16(21)18-9-1-2-11-3-4-11/h5-8,10-11H,1-4,9H2,(H,18,21)(H,19,20)/b8-7+. The quantitative estimate of drug-likeness (QED) is 0.599. The predicted octanol–water partition coefficient (Wildman–Crippen LogP) is 3.36. The Balaban J connectivity index is 1.88. The lowest BCUT2D eigenvalue weighted by molar-refractivity contribution is -0.131. The van der Waals surface area contributed by atoms with Gasteiger partial charge in [-0.3, -0.25) is 4.79 Å². The average Bonchev–Trinajstić information content (AvgIpc) is 3.26. The number of rotatable bonds is 7. The van der Waals surface area contributed by atoms with Crippen LogP contribution in [0.2, 0.25) is 5.02 Å². The molecular formula is C16H18ClNO3. The minimum atomic E-state index is -1.04. The number of carboxylic acid groups (broad SMARTS) is 1. The summed E-state index contributed by atoms with van der Waals surface area (Å²) in [7, 11) is 0. The van der Waals surface area contributed by atoms with Gasteiger partial charge in [0.1, 0.15) is 0 Å².